The van der Waals surface area contributed by atoms with Crippen molar-refractivity contribution in [2.24, 2.45) is 5.92 Å². The number of halogens is 2. The van der Waals surface area contributed by atoms with E-state index < -0.39 is 23.5 Å². The van der Waals surface area contributed by atoms with Crippen LogP contribution in [0.5, 0.6) is 0 Å². The van der Waals surface area contributed by atoms with Crippen molar-refractivity contribution >= 4 is 5.97 Å². The van der Waals surface area contributed by atoms with Crippen molar-refractivity contribution in [2.75, 3.05) is 0 Å². The predicted molar refractivity (Wildman–Crippen MR) is 56.2 cm³/mol. The zero-order chi connectivity index (χ0) is 12.3. The summed E-state index contributed by atoms with van der Waals surface area (Å²) in [5, 5.41) is 9.06. The molecule has 0 aliphatic carbocycles. The Hall–Kier alpha value is -1.45. The van der Waals surface area contributed by atoms with E-state index in [1.165, 1.54) is 6.07 Å². The Bertz CT molecular complexity index is 391. The van der Waals surface area contributed by atoms with Crippen molar-refractivity contribution in [3.63, 3.8) is 0 Å². The molecule has 2 atom stereocenters. The summed E-state index contributed by atoms with van der Waals surface area (Å²) < 4.78 is 26.2. The van der Waals surface area contributed by atoms with Crippen LogP contribution >= 0.6 is 0 Å². The first-order valence-corrected chi connectivity index (χ1v) is 5.15. The van der Waals surface area contributed by atoms with Gasteiger partial charge < -0.3 is 5.11 Å². The van der Waals surface area contributed by atoms with Crippen LogP contribution in [0.4, 0.5) is 8.78 Å². The van der Waals surface area contributed by atoms with E-state index in [9.17, 15) is 13.6 Å². The van der Waals surface area contributed by atoms with E-state index in [1.54, 1.807) is 6.92 Å². The van der Waals surface area contributed by atoms with Crippen LogP contribution < -0.4 is 0 Å². The van der Waals surface area contributed by atoms with Crippen molar-refractivity contribution in [3.8, 4) is 0 Å². The number of carboxylic acid groups (broad SMARTS) is 1. The van der Waals surface area contributed by atoms with Crippen LogP contribution in [0.15, 0.2) is 18.2 Å². The van der Waals surface area contributed by atoms with Crippen molar-refractivity contribution < 1.29 is 18.7 Å². The topological polar surface area (TPSA) is 37.3 Å². The minimum atomic E-state index is -1.08. The molecule has 2 nitrogen and oxygen atoms in total. The molecule has 0 amide bonds. The molecule has 2 unspecified atom stereocenters. The highest BCUT2D eigenvalue weighted by atomic mass is 19.1. The van der Waals surface area contributed by atoms with Crippen LogP contribution in [0, 0.1) is 17.6 Å². The monoisotopic (exact) mass is 228 g/mol. The van der Waals surface area contributed by atoms with Crippen LogP contribution in [0.25, 0.3) is 0 Å². The van der Waals surface area contributed by atoms with E-state index in [-0.39, 0.29) is 11.5 Å². The molecule has 4 heteroatoms. The summed E-state index contributed by atoms with van der Waals surface area (Å²) in [5.74, 6) is -3.70. The summed E-state index contributed by atoms with van der Waals surface area (Å²) in [4.78, 5) is 11.1. The van der Waals surface area contributed by atoms with Crippen LogP contribution in [-0.4, -0.2) is 11.1 Å². The maximum absolute atomic E-state index is 13.5. The zero-order valence-electron chi connectivity index (χ0n) is 9.21. The van der Waals surface area contributed by atoms with Crippen LogP contribution in [0.2, 0.25) is 0 Å². The van der Waals surface area contributed by atoms with Crippen LogP contribution in [0.3, 0.4) is 0 Å². The lowest BCUT2D eigenvalue weighted by atomic mass is 9.85. The average molecular weight is 228 g/mol. The van der Waals surface area contributed by atoms with E-state index in [0.717, 1.165) is 6.07 Å². The smallest absolute Gasteiger partial charge is 0.311 e. The Morgan fingerprint density at radius 1 is 1.44 bits per heavy atom. The van der Waals surface area contributed by atoms with Gasteiger partial charge in [0.2, 0.25) is 0 Å². The van der Waals surface area contributed by atoms with E-state index in [0.29, 0.717) is 12.5 Å². The fourth-order valence-corrected chi connectivity index (χ4v) is 1.67. The first-order valence-electron chi connectivity index (χ1n) is 5.15. The van der Waals surface area contributed by atoms with Gasteiger partial charge in [-0.2, -0.15) is 0 Å². The van der Waals surface area contributed by atoms with Gasteiger partial charge in [-0.15, -0.1) is 0 Å². The Kier molecular flexibility index (Phi) is 3.99. The predicted octanol–water partition coefficient (Wildman–Crippen LogP) is 3.18. The summed E-state index contributed by atoms with van der Waals surface area (Å²) in [6.07, 6.45) is 0.619. The largest absolute Gasteiger partial charge is 0.481 e. The molecule has 88 valence electrons. The summed E-state index contributed by atoms with van der Waals surface area (Å²) >= 11 is 0. The average Bonchev–Trinajstić information content (AvgIpc) is 2.21. The molecule has 0 saturated carbocycles. The van der Waals surface area contributed by atoms with Crippen LogP contribution in [0.1, 0.15) is 31.7 Å². The van der Waals surface area contributed by atoms with Gasteiger partial charge in [0.1, 0.15) is 11.6 Å². The molecule has 0 aliphatic heterocycles. The van der Waals surface area contributed by atoms with Crippen molar-refractivity contribution in [3.05, 3.63) is 35.4 Å². The molecule has 0 radical (unpaired) electrons. The molecule has 1 aromatic carbocycles. The standard InChI is InChI=1S/C12H14F2O2/c1-3-7(2)11(12(15)16)9-5-4-8(13)6-10(9)14/h4-7,11H,3H2,1-2H3,(H,15,16). The number of hydrogen-bond donors (Lipinski definition) is 1. The number of aliphatic carboxylic acids is 1. The second-order valence-electron chi connectivity index (χ2n) is 3.87. The highest BCUT2D eigenvalue weighted by Gasteiger charge is 2.28. The summed E-state index contributed by atoms with van der Waals surface area (Å²) in [7, 11) is 0. The van der Waals surface area contributed by atoms with E-state index in [2.05, 4.69) is 0 Å². The third-order valence-electron chi connectivity index (χ3n) is 2.78. The molecule has 0 bridgehead atoms. The minimum Gasteiger partial charge on any atom is -0.481 e. The second-order valence-corrected chi connectivity index (χ2v) is 3.87. The first kappa shape index (κ1) is 12.6. The molecule has 0 aromatic heterocycles. The maximum Gasteiger partial charge on any atom is 0.311 e. The van der Waals surface area contributed by atoms with Gasteiger partial charge in [0, 0.05) is 11.6 Å². The Balaban J connectivity index is 3.16. The van der Waals surface area contributed by atoms with Gasteiger partial charge in [-0.25, -0.2) is 8.78 Å². The fourth-order valence-electron chi connectivity index (χ4n) is 1.67. The molecule has 1 aromatic rings. The summed E-state index contributed by atoms with van der Waals surface area (Å²) in [5.41, 5.74) is 0.0447. The molecule has 0 fully saturated rings. The Labute approximate surface area is 92.9 Å². The molecule has 16 heavy (non-hydrogen) atoms. The molecule has 1 rings (SSSR count). The fraction of sp³-hybridized carbons (Fsp3) is 0.417. The molecule has 1 N–H and O–H groups in total. The van der Waals surface area contributed by atoms with Gasteiger partial charge in [0.25, 0.3) is 0 Å². The van der Waals surface area contributed by atoms with Crippen molar-refractivity contribution in [2.45, 2.75) is 26.2 Å². The van der Waals surface area contributed by atoms with Gasteiger partial charge in [-0.1, -0.05) is 26.3 Å². The SMILES string of the molecule is CCC(C)C(C(=O)O)c1ccc(F)cc1F. The number of carbonyl (C=O) groups is 1. The molecular formula is C12H14F2O2. The van der Waals surface area contributed by atoms with E-state index in [1.807, 2.05) is 6.92 Å². The lowest BCUT2D eigenvalue weighted by Crippen LogP contribution is -2.20. The van der Waals surface area contributed by atoms with Crippen LogP contribution in [-0.2, 0) is 4.79 Å². The third kappa shape index (κ3) is 2.56. The normalized spacial score (nSPS) is 14.5. The minimum absolute atomic E-state index is 0.0447. The number of hydrogen-bond acceptors (Lipinski definition) is 1. The third-order valence-corrected chi connectivity index (χ3v) is 2.78. The van der Waals surface area contributed by atoms with Crippen molar-refractivity contribution in [1.29, 1.82) is 0 Å². The second kappa shape index (κ2) is 5.05. The van der Waals surface area contributed by atoms with E-state index >= 15 is 0 Å². The maximum atomic E-state index is 13.5. The summed E-state index contributed by atoms with van der Waals surface area (Å²) in [6, 6.07) is 3.00. The van der Waals surface area contributed by atoms with Crippen molar-refractivity contribution in [1.82, 2.24) is 0 Å². The summed E-state index contributed by atoms with van der Waals surface area (Å²) in [6.45, 7) is 3.57. The quantitative estimate of drug-likeness (QED) is 0.859. The zero-order valence-corrected chi connectivity index (χ0v) is 9.21. The lowest BCUT2D eigenvalue weighted by molar-refractivity contribution is -0.140. The van der Waals surface area contributed by atoms with Gasteiger partial charge in [-0.3, -0.25) is 4.79 Å². The van der Waals surface area contributed by atoms with E-state index in [4.69, 9.17) is 5.11 Å². The molecule has 0 aliphatic rings. The van der Waals surface area contributed by atoms with Gasteiger partial charge in [-0.05, 0) is 12.0 Å². The number of rotatable bonds is 4. The number of carboxylic acids is 1. The Morgan fingerprint density at radius 3 is 2.50 bits per heavy atom. The first-order chi connectivity index (χ1) is 7.47. The van der Waals surface area contributed by atoms with Gasteiger partial charge in [0.05, 0.1) is 5.92 Å². The molecule has 0 saturated heterocycles. The molecule has 0 heterocycles. The lowest BCUT2D eigenvalue weighted by Gasteiger charge is -2.19. The highest BCUT2D eigenvalue weighted by Crippen LogP contribution is 2.29. The number of benzene rings is 1. The van der Waals surface area contributed by atoms with Gasteiger partial charge in [0.15, 0.2) is 0 Å². The molecular weight excluding hydrogens is 214 g/mol. The highest BCUT2D eigenvalue weighted by molar-refractivity contribution is 5.76. The Morgan fingerprint density at radius 2 is 2.06 bits per heavy atom. The molecule has 0 spiro atoms. The van der Waals surface area contributed by atoms with Gasteiger partial charge >= 0.3 is 5.97 Å².